The molecule has 1 atom stereocenters. The van der Waals surface area contributed by atoms with Gasteiger partial charge in [-0.2, -0.15) is 5.10 Å². The van der Waals surface area contributed by atoms with Gasteiger partial charge in [0.25, 0.3) is 0 Å². The van der Waals surface area contributed by atoms with Crippen molar-refractivity contribution in [2.75, 3.05) is 6.54 Å². The van der Waals surface area contributed by atoms with Crippen LogP contribution in [0.4, 0.5) is 0 Å². The van der Waals surface area contributed by atoms with Crippen LogP contribution in [0.25, 0.3) is 0 Å². The molecule has 1 aromatic rings. The summed E-state index contributed by atoms with van der Waals surface area (Å²) in [4.78, 5) is 0. The first-order valence-electron chi connectivity index (χ1n) is 5.48. The molecule has 0 aromatic carbocycles. The van der Waals surface area contributed by atoms with Crippen LogP contribution in [0.3, 0.4) is 0 Å². The fourth-order valence-corrected chi connectivity index (χ4v) is 1.70. The lowest BCUT2D eigenvalue weighted by Gasteiger charge is -2.21. The first kappa shape index (κ1) is 13.5. The van der Waals surface area contributed by atoms with Gasteiger partial charge in [-0.1, -0.05) is 18.5 Å². The summed E-state index contributed by atoms with van der Waals surface area (Å²) in [6.45, 7) is 6.89. The lowest BCUT2D eigenvalue weighted by atomic mass is 10.0. The lowest BCUT2D eigenvalue weighted by molar-refractivity contribution is 0.0555. The van der Waals surface area contributed by atoms with Crippen molar-refractivity contribution in [3.63, 3.8) is 0 Å². The smallest absolute Gasteiger partial charge is 0.131 e. The number of rotatable bonds is 5. The maximum Gasteiger partial charge on any atom is 0.131 e. The summed E-state index contributed by atoms with van der Waals surface area (Å²) in [5.74, 6) is 0. The summed E-state index contributed by atoms with van der Waals surface area (Å²) < 4.78 is 1.66. The summed E-state index contributed by atoms with van der Waals surface area (Å²) in [6, 6.07) is 0. The van der Waals surface area contributed by atoms with Crippen LogP contribution in [0.5, 0.6) is 0 Å². The Morgan fingerprint density at radius 3 is 2.62 bits per heavy atom. The van der Waals surface area contributed by atoms with Crippen molar-refractivity contribution in [2.45, 2.75) is 39.3 Å². The highest BCUT2D eigenvalue weighted by atomic mass is 35.5. The van der Waals surface area contributed by atoms with Gasteiger partial charge >= 0.3 is 0 Å². The predicted octanol–water partition coefficient (Wildman–Crippen LogP) is 1.63. The Morgan fingerprint density at radius 1 is 1.56 bits per heavy atom. The maximum absolute atomic E-state index is 9.83. The van der Waals surface area contributed by atoms with E-state index < -0.39 is 5.60 Å². The van der Waals surface area contributed by atoms with Crippen molar-refractivity contribution in [3.8, 4) is 0 Å². The van der Waals surface area contributed by atoms with Gasteiger partial charge in [-0.25, -0.2) is 0 Å². The van der Waals surface area contributed by atoms with Gasteiger partial charge in [0.15, 0.2) is 0 Å². The number of nitrogens with one attached hydrogen (secondary N) is 1. The third-order valence-corrected chi connectivity index (χ3v) is 3.31. The molecule has 92 valence electrons. The predicted molar refractivity (Wildman–Crippen MR) is 65.6 cm³/mol. The number of hydrogen-bond donors (Lipinski definition) is 2. The highest BCUT2D eigenvalue weighted by molar-refractivity contribution is 6.30. The second-order valence-electron chi connectivity index (χ2n) is 4.43. The second kappa shape index (κ2) is 5.17. The van der Waals surface area contributed by atoms with E-state index in [2.05, 4.69) is 10.4 Å². The molecule has 0 fully saturated rings. The van der Waals surface area contributed by atoms with Crippen LogP contribution in [0, 0.1) is 6.92 Å². The van der Waals surface area contributed by atoms with Gasteiger partial charge in [0, 0.05) is 25.7 Å². The third-order valence-electron chi connectivity index (χ3n) is 2.84. The molecule has 5 heteroatoms. The molecule has 4 nitrogen and oxygen atoms in total. The van der Waals surface area contributed by atoms with Gasteiger partial charge in [-0.15, -0.1) is 0 Å². The van der Waals surface area contributed by atoms with E-state index in [0.29, 0.717) is 18.2 Å². The molecule has 1 aromatic heterocycles. The first-order chi connectivity index (χ1) is 7.37. The molecule has 0 spiro atoms. The van der Waals surface area contributed by atoms with E-state index in [1.54, 1.807) is 4.68 Å². The maximum atomic E-state index is 9.83. The van der Waals surface area contributed by atoms with Gasteiger partial charge in [-0.3, -0.25) is 4.68 Å². The molecule has 1 rings (SSSR count). The minimum absolute atomic E-state index is 0.550. The van der Waals surface area contributed by atoms with Crippen molar-refractivity contribution in [1.29, 1.82) is 0 Å². The van der Waals surface area contributed by atoms with Crippen molar-refractivity contribution >= 4 is 11.6 Å². The van der Waals surface area contributed by atoms with Crippen LogP contribution in [-0.2, 0) is 13.6 Å². The van der Waals surface area contributed by atoms with Crippen LogP contribution in [0.15, 0.2) is 0 Å². The first-order valence-corrected chi connectivity index (χ1v) is 5.86. The van der Waals surface area contributed by atoms with Crippen molar-refractivity contribution in [2.24, 2.45) is 7.05 Å². The monoisotopic (exact) mass is 245 g/mol. The summed E-state index contributed by atoms with van der Waals surface area (Å²) in [6.07, 6.45) is 0.722. The number of aromatic nitrogens is 2. The Labute approximate surface area is 102 Å². The number of hydrogen-bond acceptors (Lipinski definition) is 3. The fourth-order valence-electron chi connectivity index (χ4n) is 1.46. The fraction of sp³-hybridized carbons (Fsp3) is 0.727. The normalized spacial score (nSPS) is 15.1. The van der Waals surface area contributed by atoms with Gasteiger partial charge in [-0.05, 0) is 20.3 Å². The van der Waals surface area contributed by atoms with Gasteiger partial charge < -0.3 is 10.4 Å². The largest absolute Gasteiger partial charge is 0.389 e. The Balaban J connectivity index is 2.55. The molecule has 2 N–H and O–H groups in total. The molecule has 0 bridgehead atoms. The molecular formula is C11H20ClN3O. The van der Waals surface area contributed by atoms with Gasteiger partial charge in [0.05, 0.1) is 11.3 Å². The second-order valence-corrected chi connectivity index (χ2v) is 4.79. The molecule has 0 saturated heterocycles. The van der Waals surface area contributed by atoms with E-state index in [1.165, 1.54) is 0 Å². The summed E-state index contributed by atoms with van der Waals surface area (Å²) in [5, 5.41) is 17.9. The van der Waals surface area contributed by atoms with Crippen LogP contribution in [0.1, 0.15) is 31.5 Å². The highest BCUT2D eigenvalue weighted by Crippen LogP contribution is 2.18. The van der Waals surface area contributed by atoms with Crippen molar-refractivity contribution < 1.29 is 5.11 Å². The zero-order valence-corrected chi connectivity index (χ0v) is 11.1. The van der Waals surface area contributed by atoms with Crippen LogP contribution in [0.2, 0.25) is 5.15 Å². The molecule has 0 amide bonds. The molecule has 1 unspecified atom stereocenters. The minimum atomic E-state index is -0.664. The topological polar surface area (TPSA) is 50.1 Å². The molecular weight excluding hydrogens is 226 g/mol. The molecule has 0 saturated carbocycles. The Kier molecular flexibility index (Phi) is 4.35. The number of halogens is 1. The summed E-state index contributed by atoms with van der Waals surface area (Å²) in [5.41, 5.74) is 1.26. The quantitative estimate of drug-likeness (QED) is 0.829. The van der Waals surface area contributed by atoms with E-state index in [1.807, 2.05) is 27.8 Å². The minimum Gasteiger partial charge on any atom is -0.389 e. The Hall–Kier alpha value is -0.580. The molecule has 0 radical (unpaired) electrons. The Morgan fingerprint density at radius 2 is 2.19 bits per heavy atom. The zero-order chi connectivity index (χ0) is 12.3. The molecule has 0 aliphatic heterocycles. The van der Waals surface area contributed by atoms with Crippen LogP contribution in [-0.4, -0.2) is 27.0 Å². The van der Waals surface area contributed by atoms with E-state index >= 15 is 0 Å². The zero-order valence-electron chi connectivity index (χ0n) is 10.3. The molecule has 0 aliphatic rings. The average Bonchev–Trinajstić information content (AvgIpc) is 2.44. The molecule has 1 heterocycles. The third kappa shape index (κ3) is 3.20. The van der Waals surface area contributed by atoms with E-state index in [-0.39, 0.29) is 0 Å². The molecule has 16 heavy (non-hydrogen) atoms. The average molecular weight is 246 g/mol. The van der Waals surface area contributed by atoms with Gasteiger partial charge in [0.2, 0.25) is 0 Å². The van der Waals surface area contributed by atoms with E-state index in [0.717, 1.165) is 17.7 Å². The number of nitrogens with zero attached hydrogens (tertiary/aromatic N) is 2. The SMILES string of the molecule is CCC(C)(O)CNCc1c(C)nn(C)c1Cl. The standard InChI is InChI=1S/C11H20ClN3O/c1-5-11(3,16)7-13-6-9-8(2)14-15(4)10(9)12/h13,16H,5-7H2,1-4H3. The summed E-state index contributed by atoms with van der Waals surface area (Å²) in [7, 11) is 1.82. The van der Waals surface area contributed by atoms with Crippen molar-refractivity contribution in [3.05, 3.63) is 16.4 Å². The summed E-state index contributed by atoms with van der Waals surface area (Å²) >= 11 is 6.10. The van der Waals surface area contributed by atoms with Crippen LogP contribution < -0.4 is 5.32 Å². The number of aliphatic hydroxyl groups is 1. The van der Waals surface area contributed by atoms with Gasteiger partial charge in [0.1, 0.15) is 5.15 Å². The van der Waals surface area contributed by atoms with E-state index in [9.17, 15) is 5.11 Å². The molecule has 0 aliphatic carbocycles. The van der Waals surface area contributed by atoms with E-state index in [4.69, 9.17) is 11.6 Å². The van der Waals surface area contributed by atoms with Crippen LogP contribution >= 0.6 is 11.6 Å². The highest BCUT2D eigenvalue weighted by Gasteiger charge is 2.17. The Bertz CT molecular complexity index is 360. The lowest BCUT2D eigenvalue weighted by Crippen LogP contribution is -2.36. The van der Waals surface area contributed by atoms with Crippen molar-refractivity contribution in [1.82, 2.24) is 15.1 Å². The number of aryl methyl sites for hydroxylation is 2.